The lowest BCUT2D eigenvalue weighted by Crippen LogP contribution is -2.14. The Hall–Kier alpha value is -3.53. The highest BCUT2D eigenvalue weighted by atomic mass is 35.5. The summed E-state index contributed by atoms with van der Waals surface area (Å²) >= 11 is 9.02. The number of carbonyl (C=O) groups excluding carboxylic acids is 1. The molecule has 0 aliphatic rings. The summed E-state index contributed by atoms with van der Waals surface area (Å²) in [6.07, 6.45) is 5.93. The van der Waals surface area contributed by atoms with Crippen LogP contribution in [0.3, 0.4) is 0 Å². The molecule has 0 spiro atoms. The Bertz CT molecular complexity index is 1490. The average Bonchev–Trinajstić information content (AvgIpc) is 3.53. The molecule has 0 fully saturated rings. The third-order valence-electron chi connectivity index (χ3n) is 5.33. The van der Waals surface area contributed by atoms with Gasteiger partial charge in [0, 0.05) is 46.2 Å². The molecule has 0 aliphatic heterocycles. The van der Waals surface area contributed by atoms with E-state index in [1.807, 2.05) is 66.1 Å². The van der Waals surface area contributed by atoms with Crippen molar-refractivity contribution in [3.05, 3.63) is 100 Å². The molecule has 5 rings (SSSR count). The first-order valence-electron chi connectivity index (χ1n) is 11.1. The first kappa shape index (κ1) is 24.2. The van der Waals surface area contributed by atoms with Crippen molar-refractivity contribution in [3.8, 4) is 17.1 Å². The molecular weight excluding hydrogens is 512 g/mol. The van der Waals surface area contributed by atoms with Gasteiger partial charge in [-0.05, 0) is 48.4 Å². The zero-order valence-electron chi connectivity index (χ0n) is 19.3. The molecule has 0 saturated carbocycles. The van der Waals surface area contributed by atoms with Crippen LogP contribution in [-0.2, 0) is 11.2 Å². The Morgan fingerprint density at radius 1 is 1.08 bits per heavy atom. The summed E-state index contributed by atoms with van der Waals surface area (Å²) < 4.78 is 1.95. The lowest BCUT2D eigenvalue weighted by molar-refractivity contribution is -0.113. The molecule has 0 aliphatic carbocycles. The van der Waals surface area contributed by atoms with E-state index in [0.29, 0.717) is 22.5 Å². The third-order valence-corrected chi connectivity index (χ3v) is 7.58. The van der Waals surface area contributed by atoms with Crippen LogP contribution >= 0.6 is 34.7 Å². The van der Waals surface area contributed by atoms with Gasteiger partial charge in [-0.1, -0.05) is 53.7 Å². The summed E-state index contributed by atoms with van der Waals surface area (Å²) in [4.78, 5) is 22.2. The minimum Gasteiger partial charge on any atom is -0.301 e. The van der Waals surface area contributed by atoms with Crippen molar-refractivity contribution >= 4 is 45.7 Å². The number of pyridine rings is 1. The minimum atomic E-state index is -0.160. The number of halogens is 1. The predicted molar refractivity (Wildman–Crippen MR) is 145 cm³/mol. The fourth-order valence-electron chi connectivity index (χ4n) is 3.54. The van der Waals surface area contributed by atoms with E-state index in [-0.39, 0.29) is 11.7 Å². The molecule has 7 nitrogen and oxygen atoms in total. The summed E-state index contributed by atoms with van der Waals surface area (Å²) in [5.74, 6) is 0.698. The Morgan fingerprint density at radius 3 is 2.67 bits per heavy atom. The number of anilines is 1. The van der Waals surface area contributed by atoms with Gasteiger partial charge in [-0.3, -0.25) is 14.3 Å². The van der Waals surface area contributed by atoms with Gasteiger partial charge in [-0.2, -0.15) is 0 Å². The molecule has 5 aromatic rings. The van der Waals surface area contributed by atoms with Crippen LogP contribution in [-0.4, -0.2) is 36.4 Å². The minimum absolute atomic E-state index is 0.160. The van der Waals surface area contributed by atoms with Crippen LogP contribution in [0.25, 0.3) is 17.1 Å². The van der Waals surface area contributed by atoms with Crippen LogP contribution in [0.4, 0.5) is 5.13 Å². The van der Waals surface area contributed by atoms with Gasteiger partial charge in [0.25, 0.3) is 0 Å². The number of rotatable bonds is 8. The van der Waals surface area contributed by atoms with E-state index in [1.54, 1.807) is 18.6 Å². The van der Waals surface area contributed by atoms with Gasteiger partial charge in [-0.15, -0.1) is 21.5 Å². The van der Waals surface area contributed by atoms with Gasteiger partial charge in [0.15, 0.2) is 16.1 Å². The van der Waals surface area contributed by atoms with E-state index in [0.717, 1.165) is 32.3 Å². The van der Waals surface area contributed by atoms with Crippen molar-refractivity contribution in [1.29, 1.82) is 0 Å². The molecule has 0 atom stereocenters. The maximum atomic E-state index is 12.7. The summed E-state index contributed by atoms with van der Waals surface area (Å²) in [7, 11) is 0. The molecule has 0 unspecified atom stereocenters. The second-order valence-electron chi connectivity index (χ2n) is 7.94. The van der Waals surface area contributed by atoms with E-state index < -0.39 is 0 Å². The average molecular weight is 533 g/mol. The standard InChI is InChI=1S/C26H21ClN6OS2/c1-17-7-8-18(14-22(17)27)13-21-15-29-25(36-21)30-23(34)16-35-26-32-31-24(19-9-11-28-12-10-19)33(26)20-5-3-2-4-6-20/h2-12,14-15H,13,16H2,1H3,(H,29,30,34). The molecule has 3 aromatic heterocycles. The highest BCUT2D eigenvalue weighted by Gasteiger charge is 2.17. The van der Waals surface area contributed by atoms with E-state index in [9.17, 15) is 4.79 Å². The molecule has 1 amide bonds. The molecule has 0 bridgehead atoms. The Morgan fingerprint density at radius 2 is 1.89 bits per heavy atom. The second-order valence-corrected chi connectivity index (χ2v) is 10.4. The number of hydrogen-bond donors (Lipinski definition) is 1. The molecule has 0 radical (unpaired) electrons. The number of aryl methyl sites for hydroxylation is 1. The van der Waals surface area contributed by atoms with Gasteiger partial charge in [0.2, 0.25) is 5.91 Å². The van der Waals surface area contributed by atoms with Crippen LogP contribution in [0.15, 0.2) is 84.4 Å². The third kappa shape index (κ3) is 5.64. The first-order chi connectivity index (χ1) is 17.6. The number of carbonyl (C=O) groups is 1. The monoisotopic (exact) mass is 532 g/mol. The van der Waals surface area contributed by atoms with Gasteiger partial charge in [0.05, 0.1) is 5.75 Å². The largest absolute Gasteiger partial charge is 0.301 e. The number of nitrogens with zero attached hydrogens (tertiary/aromatic N) is 5. The number of nitrogens with one attached hydrogen (secondary N) is 1. The molecular formula is C26H21ClN6OS2. The lowest BCUT2D eigenvalue weighted by Gasteiger charge is -2.10. The summed E-state index contributed by atoms with van der Waals surface area (Å²) in [5.41, 5.74) is 3.96. The van der Waals surface area contributed by atoms with Crippen LogP contribution in [0.5, 0.6) is 0 Å². The number of benzene rings is 2. The molecule has 180 valence electrons. The normalized spacial score (nSPS) is 10.9. The fourth-order valence-corrected chi connectivity index (χ4v) is 5.36. The van der Waals surface area contributed by atoms with Crippen molar-refractivity contribution in [2.45, 2.75) is 18.5 Å². The maximum absolute atomic E-state index is 12.7. The van der Waals surface area contributed by atoms with Gasteiger partial charge in [-0.25, -0.2) is 4.98 Å². The number of thioether (sulfide) groups is 1. The Labute approximate surface area is 221 Å². The van der Waals surface area contributed by atoms with Crippen LogP contribution < -0.4 is 5.32 Å². The highest BCUT2D eigenvalue weighted by molar-refractivity contribution is 7.99. The second kappa shape index (κ2) is 11.0. The highest BCUT2D eigenvalue weighted by Crippen LogP contribution is 2.28. The maximum Gasteiger partial charge on any atom is 0.236 e. The van der Waals surface area contributed by atoms with Crippen LogP contribution in [0.2, 0.25) is 5.02 Å². The molecule has 0 saturated heterocycles. The molecule has 1 N–H and O–H groups in total. The molecule has 2 aromatic carbocycles. The predicted octanol–water partition coefficient (Wildman–Crippen LogP) is 6.07. The number of amides is 1. The van der Waals surface area contributed by atoms with E-state index >= 15 is 0 Å². The van der Waals surface area contributed by atoms with Crippen molar-refractivity contribution in [2.24, 2.45) is 0 Å². The zero-order chi connectivity index (χ0) is 24.9. The zero-order valence-corrected chi connectivity index (χ0v) is 21.6. The van der Waals surface area contributed by atoms with Crippen molar-refractivity contribution < 1.29 is 4.79 Å². The SMILES string of the molecule is Cc1ccc(Cc2cnc(NC(=O)CSc3nnc(-c4ccncc4)n3-c3ccccc3)s2)cc1Cl. The van der Waals surface area contributed by atoms with Crippen molar-refractivity contribution in [2.75, 3.05) is 11.1 Å². The van der Waals surface area contributed by atoms with Crippen LogP contribution in [0, 0.1) is 6.92 Å². The van der Waals surface area contributed by atoms with E-state index in [2.05, 4.69) is 31.5 Å². The van der Waals surface area contributed by atoms with Crippen molar-refractivity contribution in [3.63, 3.8) is 0 Å². The number of aromatic nitrogens is 5. The lowest BCUT2D eigenvalue weighted by atomic mass is 10.1. The smallest absolute Gasteiger partial charge is 0.236 e. The number of para-hydroxylation sites is 1. The summed E-state index contributed by atoms with van der Waals surface area (Å²) in [5, 5.41) is 13.6. The molecule has 3 heterocycles. The number of thiazole rings is 1. The topological polar surface area (TPSA) is 85.6 Å². The van der Waals surface area contributed by atoms with Gasteiger partial charge < -0.3 is 5.32 Å². The molecule has 36 heavy (non-hydrogen) atoms. The summed E-state index contributed by atoms with van der Waals surface area (Å²) in [6, 6.07) is 19.6. The van der Waals surface area contributed by atoms with Crippen LogP contribution in [0.1, 0.15) is 16.0 Å². The Kier molecular flexibility index (Phi) is 7.41. The fraction of sp³-hybridized carbons (Fsp3) is 0.115. The van der Waals surface area contributed by atoms with Gasteiger partial charge in [0.1, 0.15) is 0 Å². The Balaban J connectivity index is 1.27. The molecule has 10 heteroatoms. The van der Waals surface area contributed by atoms with E-state index in [4.69, 9.17) is 11.6 Å². The van der Waals surface area contributed by atoms with E-state index in [1.165, 1.54) is 23.1 Å². The first-order valence-corrected chi connectivity index (χ1v) is 13.3. The quantitative estimate of drug-likeness (QED) is 0.244. The van der Waals surface area contributed by atoms with Crippen molar-refractivity contribution in [1.82, 2.24) is 24.7 Å². The van der Waals surface area contributed by atoms with Gasteiger partial charge >= 0.3 is 0 Å². The summed E-state index contributed by atoms with van der Waals surface area (Å²) in [6.45, 7) is 1.98. The number of hydrogen-bond acceptors (Lipinski definition) is 7.